The lowest BCUT2D eigenvalue weighted by Crippen LogP contribution is -2.39. The Morgan fingerprint density at radius 1 is 1.31 bits per heavy atom. The second kappa shape index (κ2) is 5.12. The van der Waals surface area contributed by atoms with E-state index in [0.717, 1.165) is 16.7 Å². The van der Waals surface area contributed by atoms with Crippen LogP contribution < -0.4 is 5.73 Å². The second-order valence-corrected chi connectivity index (χ2v) is 4.38. The summed E-state index contributed by atoms with van der Waals surface area (Å²) in [6.07, 6.45) is 0. The number of aryl methyl sites for hydroxylation is 2. The number of hydrogen-bond donors (Lipinski definition) is 1. The van der Waals surface area contributed by atoms with Gasteiger partial charge in [0.05, 0.1) is 0 Å². The summed E-state index contributed by atoms with van der Waals surface area (Å²) in [4.78, 5) is 13.8. The van der Waals surface area contributed by atoms with Gasteiger partial charge in [0.1, 0.15) is 0 Å². The minimum Gasteiger partial charge on any atom is -0.338 e. The maximum Gasteiger partial charge on any atom is 0.253 e. The van der Waals surface area contributed by atoms with Crippen molar-refractivity contribution >= 4 is 5.91 Å². The number of rotatable bonds is 3. The first-order valence-corrected chi connectivity index (χ1v) is 5.51. The summed E-state index contributed by atoms with van der Waals surface area (Å²) in [6, 6.07) is 5.95. The maximum atomic E-state index is 12.1. The fourth-order valence-electron chi connectivity index (χ4n) is 1.66. The monoisotopic (exact) mass is 220 g/mol. The lowest BCUT2D eigenvalue weighted by molar-refractivity contribution is 0.0748. The van der Waals surface area contributed by atoms with E-state index in [2.05, 4.69) is 6.07 Å². The molecule has 16 heavy (non-hydrogen) atoms. The summed E-state index contributed by atoms with van der Waals surface area (Å²) in [5.74, 6) is 0.0322. The van der Waals surface area contributed by atoms with Crippen LogP contribution in [0.2, 0.25) is 0 Å². The molecule has 0 spiro atoms. The summed E-state index contributed by atoms with van der Waals surface area (Å²) in [5.41, 5.74) is 8.51. The SMILES string of the molecule is Cc1cc(C)cc(C(=O)N(C)C(C)CN)c1. The predicted molar refractivity (Wildman–Crippen MR) is 66.5 cm³/mol. The van der Waals surface area contributed by atoms with E-state index in [0.29, 0.717) is 6.54 Å². The van der Waals surface area contributed by atoms with Gasteiger partial charge in [0.25, 0.3) is 5.91 Å². The molecule has 0 aliphatic heterocycles. The quantitative estimate of drug-likeness (QED) is 0.843. The van der Waals surface area contributed by atoms with Gasteiger partial charge in [0.15, 0.2) is 0 Å². The van der Waals surface area contributed by atoms with E-state index in [1.807, 2.05) is 32.9 Å². The Morgan fingerprint density at radius 2 is 1.81 bits per heavy atom. The summed E-state index contributed by atoms with van der Waals surface area (Å²) < 4.78 is 0. The van der Waals surface area contributed by atoms with Gasteiger partial charge in [0, 0.05) is 25.2 Å². The van der Waals surface area contributed by atoms with Crippen LogP contribution in [0.5, 0.6) is 0 Å². The molecule has 0 heterocycles. The van der Waals surface area contributed by atoms with Crippen LogP contribution in [-0.2, 0) is 0 Å². The summed E-state index contributed by atoms with van der Waals surface area (Å²) in [5, 5.41) is 0. The van der Waals surface area contributed by atoms with Crippen molar-refractivity contribution in [3.05, 3.63) is 34.9 Å². The van der Waals surface area contributed by atoms with Crippen LogP contribution in [-0.4, -0.2) is 30.4 Å². The largest absolute Gasteiger partial charge is 0.338 e. The Labute approximate surface area is 97.2 Å². The molecule has 0 fully saturated rings. The van der Waals surface area contributed by atoms with E-state index in [1.54, 1.807) is 11.9 Å². The number of carbonyl (C=O) groups is 1. The van der Waals surface area contributed by atoms with E-state index in [1.165, 1.54) is 0 Å². The number of hydrogen-bond acceptors (Lipinski definition) is 2. The number of nitrogens with zero attached hydrogens (tertiary/aromatic N) is 1. The van der Waals surface area contributed by atoms with Crippen LogP contribution in [0.1, 0.15) is 28.4 Å². The average molecular weight is 220 g/mol. The maximum absolute atomic E-state index is 12.1. The molecule has 3 heteroatoms. The van der Waals surface area contributed by atoms with Gasteiger partial charge >= 0.3 is 0 Å². The van der Waals surface area contributed by atoms with Crippen LogP contribution >= 0.6 is 0 Å². The van der Waals surface area contributed by atoms with E-state index >= 15 is 0 Å². The van der Waals surface area contributed by atoms with E-state index in [-0.39, 0.29) is 11.9 Å². The number of carbonyl (C=O) groups excluding carboxylic acids is 1. The third kappa shape index (κ3) is 2.83. The van der Waals surface area contributed by atoms with Gasteiger partial charge in [-0.3, -0.25) is 4.79 Å². The highest BCUT2D eigenvalue weighted by Crippen LogP contribution is 2.12. The lowest BCUT2D eigenvalue weighted by Gasteiger charge is -2.24. The Bertz CT molecular complexity index is 367. The molecular formula is C13H20N2O. The summed E-state index contributed by atoms with van der Waals surface area (Å²) >= 11 is 0. The standard InChI is InChI=1S/C13H20N2O/c1-9-5-10(2)7-12(6-9)13(16)15(4)11(3)8-14/h5-7,11H,8,14H2,1-4H3. The first-order valence-electron chi connectivity index (χ1n) is 5.51. The van der Waals surface area contributed by atoms with E-state index in [4.69, 9.17) is 5.73 Å². The van der Waals surface area contributed by atoms with Crippen molar-refractivity contribution in [1.29, 1.82) is 0 Å². The summed E-state index contributed by atoms with van der Waals surface area (Å²) in [6.45, 7) is 6.42. The molecule has 0 aromatic heterocycles. The zero-order valence-corrected chi connectivity index (χ0v) is 10.4. The molecular weight excluding hydrogens is 200 g/mol. The Morgan fingerprint density at radius 3 is 2.25 bits per heavy atom. The fraction of sp³-hybridized carbons (Fsp3) is 0.462. The summed E-state index contributed by atoms with van der Waals surface area (Å²) in [7, 11) is 1.79. The molecule has 1 atom stereocenters. The van der Waals surface area contributed by atoms with Crippen LogP contribution in [0.25, 0.3) is 0 Å². The fourth-order valence-corrected chi connectivity index (χ4v) is 1.66. The smallest absolute Gasteiger partial charge is 0.253 e. The molecule has 0 aliphatic carbocycles. The van der Waals surface area contributed by atoms with Gasteiger partial charge in [-0.25, -0.2) is 0 Å². The zero-order valence-electron chi connectivity index (χ0n) is 10.4. The van der Waals surface area contributed by atoms with Crippen molar-refractivity contribution in [3.8, 4) is 0 Å². The molecule has 1 unspecified atom stereocenters. The van der Waals surface area contributed by atoms with Gasteiger partial charge in [-0.05, 0) is 32.9 Å². The van der Waals surface area contributed by atoms with Gasteiger partial charge in [-0.2, -0.15) is 0 Å². The molecule has 1 aromatic rings. The van der Waals surface area contributed by atoms with Crippen molar-refractivity contribution in [2.45, 2.75) is 26.8 Å². The third-order valence-corrected chi connectivity index (χ3v) is 2.79. The van der Waals surface area contributed by atoms with Gasteiger partial charge in [0.2, 0.25) is 0 Å². The molecule has 2 N–H and O–H groups in total. The van der Waals surface area contributed by atoms with Gasteiger partial charge in [-0.15, -0.1) is 0 Å². The van der Waals surface area contributed by atoms with Crippen molar-refractivity contribution in [3.63, 3.8) is 0 Å². The van der Waals surface area contributed by atoms with Gasteiger partial charge in [-0.1, -0.05) is 17.2 Å². The molecule has 0 saturated heterocycles. The minimum absolute atomic E-state index is 0.0322. The van der Waals surface area contributed by atoms with Crippen LogP contribution in [0, 0.1) is 13.8 Å². The molecule has 3 nitrogen and oxygen atoms in total. The lowest BCUT2D eigenvalue weighted by atomic mass is 10.1. The highest BCUT2D eigenvalue weighted by Gasteiger charge is 2.16. The number of amides is 1. The number of nitrogens with two attached hydrogens (primary N) is 1. The number of benzene rings is 1. The molecule has 1 rings (SSSR count). The van der Waals surface area contributed by atoms with E-state index in [9.17, 15) is 4.79 Å². The zero-order chi connectivity index (χ0) is 12.3. The van der Waals surface area contributed by atoms with Crippen molar-refractivity contribution in [2.24, 2.45) is 5.73 Å². The average Bonchev–Trinajstić information content (AvgIpc) is 2.24. The van der Waals surface area contributed by atoms with Crippen LogP contribution in [0.3, 0.4) is 0 Å². The van der Waals surface area contributed by atoms with Crippen molar-refractivity contribution in [1.82, 2.24) is 4.90 Å². The molecule has 0 saturated carbocycles. The third-order valence-electron chi connectivity index (χ3n) is 2.79. The molecule has 0 radical (unpaired) electrons. The highest BCUT2D eigenvalue weighted by atomic mass is 16.2. The second-order valence-electron chi connectivity index (χ2n) is 4.38. The first-order chi connectivity index (χ1) is 7.45. The molecule has 0 aliphatic rings. The predicted octanol–water partition coefficient (Wildman–Crippen LogP) is 1.72. The number of likely N-dealkylation sites (N-methyl/N-ethyl adjacent to an activating group) is 1. The van der Waals surface area contributed by atoms with Crippen molar-refractivity contribution in [2.75, 3.05) is 13.6 Å². The Hall–Kier alpha value is -1.35. The first kappa shape index (κ1) is 12.7. The molecule has 0 bridgehead atoms. The van der Waals surface area contributed by atoms with Crippen LogP contribution in [0.4, 0.5) is 0 Å². The molecule has 1 aromatic carbocycles. The van der Waals surface area contributed by atoms with Crippen molar-refractivity contribution < 1.29 is 4.79 Å². The van der Waals surface area contributed by atoms with E-state index < -0.39 is 0 Å². The molecule has 1 amide bonds. The minimum atomic E-state index is 0.0322. The normalized spacial score (nSPS) is 12.3. The Kier molecular flexibility index (Phi) is 4.07. The topological polar surface area (TPSA) is 46.3 Å². The Balaban J connectivity index is 2.96. The van der Waals surface area contributed by atoms with Gasteiger partial charge < -0.3 is 10.6 Å². The van der Waals surface area contributed by atoms with Crippen LogP contribution in [0.15, 0.2) is 18.2 Å². The highest BCUT2D eigenvalue weighted by molar-refractivity contribution is 5.94. The molecule has 88 valence electrons.